The highest BCUT2D eigenvalue weighted by molar-refractivity contribution is 7.89. The van der Waals surface area contributed by atoms with Crippen LogP contribution in [0, 0.1) is 30.1 Å². The number of sulfonamides is 1. The van der Waals surface area contributed by atoms with Gasteiger partial charge < -0.3 is 4.98 Å². The topological polar surface area (TPSA) is 112 Å². The van der Waals surface area contributed by atoms with Gasteiger partial charge in [-0.3, -0.25) is 9.78 Å². The van der Waals surface area contributed by atoms with Crippen LogP contribution in [0.15, 0.2) is 14.5 Å². The van der Waals surface area contributed by atoms with Crippen LogP contribution in [-0.2, 0) is 10.0 Å². The number of hydrogen-bond donors (Lipinski definition) is 3. The molecule has 0 saturated heterocycles. The first kappa shape index (κ1) is 18.0. The van der Waals surface area contributed by atoms with Crippen molar-refractivity contribution in [2.24, 2.45) is 23.2 Å². The maximum Gasteiger partial charge on any atom is 0.325 e. The molecule has 144 valence electrons. The van der Waals surface area contributed by atoms with Crippen molar-refractivity contribution in [2.45, 2.75) is 69.7 Å². The Bertz CT molecular complexity index is 895. The Kier molecular flexibility index (Phi) is 4.19. The number of H-pyrrole nitrogens is 2. The summed E-state index contributed by atoms with van der Waals surface area (Å²) in [6.45, 7) is 3.45. The fraction of sp³-hybridized carbons (Fsp3) is 0.778. The first-order valence-corrected chi connectivity index (χ1v) is 11.1. The van der Waals surface area contributed by atoms with E-state index in [0.717, 1.165) is 37.0 Å². The minimum atomic E-state index is -4.01. The largest absolute Gasteiger partial charge is 0.325 e. The molecule has 7 nitrogen and oxygen atoms in total. The van der Waals surface area contributed by atoms with Gasteiger partial charge in [0.2, 0.25) is 10.0 Å². The fourth-order valence-corrected chi connectivity index (χ4v) is 8.06. The molecule has 0 radical (unpaired) electrons. The van der Waals surface area contributed by atoms with Gasteiger partial charge in [0.15, 0.2) is 4.90 Å². The molecule has 1 aromatic heterocycles. The van der Waals surface area contributed by atoms with Crippen LogP contribution in [0.3, 0.4) is 0 Å². The standard InChI is InChI=1S/C18H27N3O4S/c1-3-14(18-7-11-4-12(8-18)6-13(5-11)9-18)21-26(24,25)15-10(2)19-17(23)20-16(15)22/h11-14,21H,3-9H2,1-2H3,(H2,19,20,22,23). The number of rotatable bonds is 5. The van der Waals surface area contributed by atoms with E-state index in [1.54, 1.807) is 0 Å². The highest BCUT2D eigenvalue weighted by Gasteiger charge is 2.54. The minimum Gasteiger partial charge on any atom is -0.310 e. The average Bonchev–Trinajstić information content (AvgIpc) is 2.49. The van der Waals surface area contributed by atoms with Gasteiger partial charge in [-0.15, -0.1) is 0 Å². The second-order valence-electron chi connectivity index (χ2n) is 8.72. The molecule has 0 aromatic carbocycles. The second-order valence-corrected chi connectivity index (χ2v) is 10.4. The molecule has 4 bridgehead atoms. The van der Waals surface area contributed by atoms with Crippen LogP contribution >= 0.6 is 0 Å². The highest BCUT2D eigenvalue weighted by atomic mass is 32.2. The average molecular weight is 381 g/mol. The Morgan fingerprint density at radius 1 is 1.08 bits per heavy atom. The van der Waals surface area contributed by atoms with E-state index in [2.05, 4.69) is 9.71 Å². The van der Waals surface area contributed by atoms with E-state index >= 15 is 0 Å². The van der Waals surface area contributed by atoms with Crippen molar-refractivity contribution in [1.29, 1.82) is 0 Å². The lowest BCUT2D eigenvalue weighted by atomic mass is 9.47. The lowest BCUT2D eigenvalue weighted by Gasteiger charge is -2.59. The van der Waals surface area contributed by atoms with Gasteiger partial charge in [0, 0.05) is 11.7 Å². The Hall–Kier alpha value is -1.41. The summed E-state index contributed by atoms with van der Waals surface area (Å²) < 4.78 is 28.8. The van der Waals surface area contributed by atoms with Gasteiger partial charge in [0.25, 0.3) is 5.56 Å². The van der Waals surface area contributed by atoms with Crippen LogP contribution in [-0.4, -0.2) is 24.4 Å². The van der Waals surface area contributed by atoms with Crippen LogP contribution in [0.4, 0.5) is 0 Å². The monoisotopic (exact) mass is 381 g/mol. The summed E-state index contributed by atoms with van der Waals surface area (Å²) in [5, 5.41) is 0. The van der Waals surface area contributed by atoms with Crippen LogP contribution < -0.4 is 16.0 Å². The van der Waals surface area contributed by atoms with Crippen LogP contribution in [0.5, 0.6) is 0 Å². The van der Waals surface area contributed by atoms with E-state index in [4.69, 9.17) is 0 Å². The lowest BCUT2D eigenvalue weighted by Crippen LogP contribution is -2.57. The van der Waals surface area contributed by atoms with E-state index < -0.39 is 21.3 Å². The molecule has 0 spiro atoms. The number of aromatic amines is 2. The van der Waals surface area contributed by atoms with Gasteiger partial charge in [0.1, 0.15) is 0 Å². The first-order chi connectivity index (χ1) is 12.2. The van der Waals surface area contributed by atoms with Crippen molar-refractivity contribution in [1.82, 2.24) is 14.7 Å². The van der Waals surface area contributed by atoms with Crippen molar-refractivity contribution >= 4 is 10.0 Å². The fourth-order valence-electron chi connectivity index (χ4n) is 6.40. The Morgan fingerprint density at radius 2 is 1.62 bits per heavy atom. The molecular formula is C18H27N3O4S. The zero-order valence-corrected chi connectivity index (χ0v) is 16.1. The number of hydrogen-bond acceptors (Lipinski definition) is 4. The minimum absolute atomic E-state index is 0.0133. The molecule has 0 aliphatic heterocycles. The van der Waals surface area contributed by atoms with Crippen molar-refractivity contribution in [2.75, 3.05) is 0 Å². The smallest absolute Gasteiger partial charge is 0.310 e. The van der Waals surface area contributed by atoms with Crippen LogP contribution in [0.25, 0.3) is 0 Å². The van der Waals surface area contributed by atoms with Crippen molar-refractivity contribution in [3.05, 3.63) is 26.5 Å². The molecule has 1 heterocycles. The molecule has 5 rings (SSSR count). The van der Waals surface area contributed by atoms with Gasteiger partial charge in [-0.25, -0.2) is 17.9 Å². The van der Waals surface area contributed by atoms with Crippen molar-refractivity contribution in [3.63, 3.8) is 0 Å². The van der Waals surface area contributed by atoms with E-state index in [9.17, 15) is 18.0 Å². The molecule has 4 saturated carbocycles. The number of nitrogens with one attached hydrogen (secondary N) is 3. The quantitative estimate of drug-likeness (QED) is 0.720. The predicted molar refractivity (Wildman–Crippen MR) is 97.4 cm³/mol. The molecule has 0 amide bonds. The summed E-state index contributed by atoms with van der Waals surface area (Å²) in [5.41, 5.74) is -1.47. The van der Waals surface area contributed by atoms with Gasteiger partial charge in [-0.05, 0) is 75.0 Å². The maximum absolute atomic E-state index is 13.0. The third-order valence-electron chi connectivity index (χ3n) is 6.87. The molecule has 3 N–H and O–H groups in total. The Labute approximate surface area is 153 Å². The van der Waals surface area contributed by atoms with Crippen LogP contribution in [0.2, 0.25) is 0 Å². The molecular weight excluding hydrogens is 354 g/mol. The highest BCUT2D eigenvalue weighted by Crippen LogP contribution is 2.61. The number of aryl methyl sites for hydroxylation is 1. The Morgan fingerprint density at radius 3 is 2.08 bits per heavy atom. The normalized spacial score (nSPS) is 34.2. The van der Waals surface area contributed by atoms with E-state index in [1.807, 2.05) is 11.9 Å². The number of aromatic nitrogens is 2. The Balaban J connectivity index is 1.67. The zero-order chi connectivity index (χ0) is 18.7. The summed E-state index contributed by atoms with van der Waals surface area (Å²) in [5.74, 6) is 2.16. The zero-order valence-electron chi connectivity index (χ0n) is 15.3. The summed E-state index contributed by atoms with van der Waals surface area (Å²) >= 11 is 0. The van der Waals surface area contributed by atoms with Crippen molar-refractivity contribution < 1.29 is 8.42 Å². The summed E-state index contributed by atoms with van der Waals surface area (Å²) in [6, 6.07) is -0.174. The molecule has 1 atom stereocenters. The maximum atomic E-state index is 13.0. The molecule has 1 aromatic rings. The van der Waals surface area contributed by atoms with Crippen molar-refractivity contribution in [3.8, 4) is 0 Å². The van der Waals surface area contributed by atoms with Gasteiger partial charge in [0.05, 0.1) is 0 Å². The summed E-state index contributed by atoms with van der Waals surface area (Å²) in [6.07, 6.45) is 7.83. The third-order valence-corrected chi connectivity index (χ3v) is 8.50. The van der Waals surface area contributed by atoms with Gasteiger partial charge >= 0.3 is 5.69 Å². The summed E-state index contributed by atoms with van der Waals surface area (Å²) in [7, 11) is -4.01. The van der Waals surface area contributed by atoms with E-state index in [-0.39, 0.29) is 22.0 Å². The molecule has 4 aliphatic rings. The molecule has 4 fully saturated rings. The summed E-state index contributed by atoms with van der Waals surface area (Å²) in [4.78, 5) is 27.5. The third kappa shape index (κ3) is 2.87. The first-order valence-electron chi connectivity index (χ1n) is 9.58. The molecule has 26 heavy (non-hydrogen) atoms. The van der Waals surface area contributed by atoms with Crippen LogP contribution in [0.1, 0.15) is 57.6 Å². The van der Waals surface area contributed by atoms with E-state index in [0.29, 0.717) is 6.42 Å². The molecule has 8 heteroatoms. The predicted octanol–water partition coefficient (Wildman–Crippen LogP) is 1.64. The van der Waals surface area contributed by atoms with Gasteiger partial charge in [-0.2, -0.15) is 0 Å². The molecule has 1 unspecified atom stereocenters. The SMILES string of the molecule is CCC(NS(=O)(=O)c1c(C)[nH]c(=O)[nH]c1=O)C12CC3CC(CC(C3)C1)C2. The van der Waals surface area contributed by atoms with E-state index in [1.165, 1.54) is 26.2 Å². The second kappa shape index (κ2) is 6.05. The van der Waals surface area contributed by atoms with Gasteiger partial charge in [-0.1, -0.05) is 6.92 Å². The molecule has 4 aliphatic carbocycles. The lowest BCUT2D eigenvalue weighted by molar-refractivity contribution is -0.0704.